The van der Waals surface area contributed by atoms with Gasteiger partial charge in [0.05, 0.1) is 6.10 Å². The van der Waals surface area contributed by atoms with Crippen LogP contribution in [0.25, 0.3) is 0 Å². The number of nitrogens with one attached hydrogen (secondary N) is 1. The lowest BCUT2D eigenvalue weighted by Gasteiger charge is -2.21. The molecule has 0 spiro atoms. The topological polar surface area (TPSA) is 47.6 Å². The van der Waals surface area contributed by atoms with E-state index in [4.69, 9.17) is 9.47 Å². The molecule has 1 atom stereocenters. The maximum atomic E-state index is 12.7. The van der Waals surface area contributed by atoms with Crippen LogP contribution in [-0.2, 0) is 10.2 Å². The highest BCUT2D eigenvalue weighted by Gasteiger charge is 2.20. The molecule has 1 fully saturated rings. The van der Waals surface area contributed by atoms with E-state index in [0.29, 0.717) is 18.3 Å². The Kier molecular flexibility index (Phi) is 6.83. The average Bonchev–Trinajstić information content (AvgIpc) is 3.20. The number of rotatable bonds is 7. The maximum Gasteiger partial charge on any atom is 0.265 e. The monoisotopic (exact) mass is 395 g/mol. The normalized spacial score (nSPS) is 15.7. The van der Waals surface area contributed by atoms with Gasteiger partial charge in [0.25, 0.3) is 5.91 Å². The molecule has 3 rings (SSSR count). The van der Waals surface area contributed by atoms with Gasteiger partial charge in [0.2, 0.25) is 0 Å². The van der Waals surface area contributed by atoms with Crippen molar-refractivity contribution in [1.29, 1.82) is 0 Å². The van der Waals surface area contributed by atoms with Crippen LogP contribution < -0.4 is 14.8 Å². The third-order valence-corrected chi connectivity index (χ3v) is 5.39. The molecule has 29 heavy (non-hydrogen) atoms. The fourth-order valence-corrected chi connectivity index (χ4v) is 3.56. The zero-order chi connectivity index (χ0) is 20.9. The predicted octanol–water partition coefficient (Wildman–Crippen LogP) is 6.10. The summed E-state index contributed by atoms with van der Waals surface area (Å²) in [4.78, 5) is 12.7. The number of carbonyl (C=O) groups excluding carboxylic acids is 1. The van der Waals surface area contributed by atoms with Crippen LogP contribution in [0.1, 0.15) is 65.4 Å². The highest BCUT2D eigenvalue weighted by molar-refractivity contribution is 5.94. The lowest BCUT2D eigenvalue weighted by atomic mass is 9.87. The Labute approximate surface area is 174 Å². The van der Waals surface area contributed by atoms with Crippen LogP contribution in [0.5, 0.6) is 11.5 Å². The van der Waals surface area contributed by atoms with Gasteiger partial charge in [-0.25, -0.2) is 0 Å². The van der Waals surface area contributed by atoms with E-state index >= 15 is 0 Å². The molecule has 0 unspecified atom stereocenters. The van der Waals surface area contributed by atoms with Crippen molar-refractivity contribution < 1.29 is 14.3 Å². The van der Waals surface area contributed by atoms with Crippen LogP contribution in [0.3, 0.4) is 0 Å². The molecule has 1 saturated carbocycles. The summed E-state index contributed by atoms with van der Waals surface area (Å²) in [6.45, 7) is 8.48. The first-order chi connectivity index (χ1) is 13.8. The van der Waals surface area contributed by atoms with E-state index in [0.717, 1.165) is 24.3 Å². The molecule has 1 amide bonds. The molecule has 1 aliphatic carbocycles. The van der Waals surface area contributed by atoms with Gasteiger partial charge in [-0.05, 0) is 79.5 Å². The molecule has 2 aromatic rings. The van der Waals surface area contributed by atoms with Crippen LogP contribution in [-0.4, -0.2) is 18.1 Å². The first kappa shape index (κ1) is 21.2. The number of ether oxygens (including phenoxy) is 2. The molecule has 2 aromatic carbocycles. The standard InChI is InChI=1S/C25H33NO3/c1-5-23(29-22-14-10-18(11-15-22)25(2,3)4)24(27)26-19-12-16-21(17-13-19)28-20-8-6-7-9-20/h10-17,20,23H,5-9H2,1-4H3,(H,26,27)/t23-/m0/s1. The molecule has 0 bridgehead atoms. The molecule has 0 heterocycles. The van der Waals surface area contributed by atoms with Crippen molar-refractivity contribution in [3.8, 4) is 11.5 Å². The largest absolute Gasteiger partial charge is 0.490 e. The van der Waals surface area contributed by atoms with E-state index in [9.17, 15) is 4.79 Å². The van der Waals surface area contributed by atoms with Crippen LogP contribution in [0.4, 0.5) is 5.69 Å². The smallest absolute Gasteiger partial charge is 0.265 e. The van der Waals surface area contributed by atoms with Crippen molar-refractivity contribution in [3.63, 3.8) is 0 Å². The Balaban J connectivity index is 1.56. The molecule has 4 heteroatoms. The highest BCUT2D eigenvalue weighted by atomic mass is 16.5. The van der Waals surface area contributed by atoms with Crippen molar-refractivity contribution in [1.82, 2.24) is 0 Å². The van der Waals surface area contributed by atoms with Crippen molar-refractivity contribution in [2.45, 2.75) is 77.4 Å². The minimum absolute atomic E-state index is 0.0910. The molecule has 156 valence electrons. The van der Waals surface area contributed by atoms with Crippen molar-refractivity contribution in [3.05, 3.63) is 54.1 Å². The van der Waals surface area contributed by atoms with Gasteiger partial charge in [-0.2, -0.15) is 0 Å². The van der Waals surface area contributed by atoms with E-state index in [1.54, 1.807) is 0 Å². The molecule has 0 aromatic heterocycles. The summed E-state index contributed by atoms with van der Waals surface area (Å²) in [7, 11) is 0. The quantitative estimate of drug-likeness (QED) is 0.616. The Morgan fingerprint density at radius 3 is 2.14 bits per heavy atom. The molecule has 1 aliphatic rings. The van der Waals surface area contributed by atoms with E-state index in [2.05, 4.69) is 38.2 Å². The van der Waals surface area contributed by atoms with Crippen LogP contribution in [0.15, 0.2) is 48.5 Å². The van der Waals surface area contributed by atoms with Crippen LogP contribution in [0, 0.1) is 0 Å². The number of amides is 1. The number of hydrogen-bond donors (Lipinski definition) is 1. The second-order valence-electron chi connectivity index (χ2n) is 8.83. The summed E-state index contributed by atoms with van der Waals surface area (Å²) >= 11 is 0. The van der Waals surface area contributed by atoms with Gasteiger partial charge in [0.15, 0.2) is 6.10 Å². The fourth-order valence-electron chi connectivity index (χ4n) is 3.56. The highest BCUT2D eigenvalue weighted by Crippen LogP contribution is 2.26. The Bertz CT molecular complexity index is 784. The first-order valence-electron chi connectivity index (χ1n) is 10.7. The zero-order valence-electron chi connectivity index (χ0n) is 18.0. The van der Waals surface area contributed by atoms with Gasteiger partial charge >= 0.3 is 0 Å². The number of hydrogen-bond acceptors (Lipinski definition) is 3. The Hall–Kier alpha value is -2.49. The zero-order valence-corrected chi connectivity index (χ0v) is 18.0. The molecular weight excluding hydrogens is 362 g/mol. The van der Waals surface area contributed by atoms with Crippen molar-refractivity contribution in [2.75, 3.05) is 5.32 Å². The third-order valence-electron chi connectivity index (χ3n) is 5.39. The lowest BCUT2D eigenvalue weighted by molar-refractivity contribution is -0.122. The van der Waals surface area contributed by atoms with Gasteiger partial charge in [-0.3, -0.25) is 4.79 Å². The summed E-state index contributed by atoms with van der Waals surface area (Å²) in [5, 5.41) is 2.95. The van der Waals surface area contributed by atoms with E-state index in [1.165, 1.54) is 18.4 Å². The minimum Gasteiger partial charge on any atom is -0.490 e. The van der Waals surface area contributed by atoms with E-state index in [-0.39, 0.29) is 11.3 Å². The first-order valence-corrected chi connectivity index (χ1v) is 10.7. The number of carbonyl (C=O) groups is 1. The molecule has 0 aliphatic heterocycles. The third kappa shape index (κ3) is 5.99. The summed E-state index contributed by atoms with van der Waals surface area (Å²) in [6.07, 6.45) is 5.14. The van der Waals surface area contributed by atoms with Gasteiger partial charge in [-0.15, -0.1) is 0 Å². The average molecular weight is 396 g/mol. The van der Waals surface area contributed by atoms with Gasteiger partial charge < -0.3 is 14.8 Å². The number of benzene rings is 2. The van der Waals surface area contributed by atoms with Crippen molar-refractivity contribution >= 4 is 11.6 Å². The summed E-state index contributed by atoms with van der Waals surface area (Å²) < 4.78 is 11.9. The molecule has 4 nitrogen and oxygen atoms in total. The second-order valence-corrected chi connectivity index (χ2v) is 8.83. The summed E-state index contributed by atoms with van der Waals surface area (Å²) in [5.74, 6) is 1.43. The maximum absolute atomic E-state index is 12.7. The van der Waals surface area contributed by atoms with Crippen LogP contribution in [0.2, 0.25) is 0 Å². The van der Waals surface area contributed by atoms with Crippen LogP contribution >= 0.6 is 0 Å². The molecular formula is C25H33NO3. The fraction of sp³-hybridized carbons (Fsp3) is 0.480. The van der Waals surface area contributed by atoms with Gasteiger partial charge in [-0.1, -0.05) is 39.8 Å². The predicted molar refractivity (Wildman–Crippen MR) is 118 cm³/mol. The lowest BCUT2D eigenvalue weighted by Crippen LogP contribution is -2.32. The van der Waals surface area contributed by atoms with Gasteiger partial charge in [0, 0.05) is 5.69 Å². The van der Waals surface area contributed by atoms with Crippen molar-refractivity contribution in [2.24, 2.45) is 0 Å². The SMILES string of the molecule is CC[C@H](Oc1ccc(C(C)(C)C)cc1)C(=O)Nc1ccc(OC2CCCC2)cc1. The number of anilines is 1. The second kappa shape index (κ2) is 9.34. The van der Waals surface area contributed by atoms with E-state index in [1.807, 2.05) is 43.3 Å². The molecule has 1 N–H and O–H groups in total. The minimum atomic E-state index is -0.537. The Morgan fingerprint density at radius 1 is 1.00 bits per heavy atom. The van der Waals surface area contributed by atoms with Gasteiger partial charge in [0.1, 0.15) is 11.5 Å². The molecule has 0 radical (unpaired) electrons. The molecule has 0 saturated heterocycles. The summed E-state index contributed by atoms with van der Waals surface area (Å²) in [6, 6.07) is 15.6. The van der Waals surface area contributed by atoms with E-state index < -0.39 is 6.10 Å². The summed E-state index contributed by atoms with van der Waals surface area (Å²) in [5.41, 5.74) is 2.08. The Morgan fingerprint density at radius 2 is 1.59 bits per heavy atom.